The summed E-state index contributed by atoms with van der Waals surface area (Å²) < 4.78 is 17.3. The first kappa shape index (κ1) is 15.3. The van der Waals surface area contributed by atoms with Crippen LogP contribution in [0.1, 0.15) is 38.3 Å². The van der Waals surface area contributed by atoms with Gasteiger partial charge in [0.1, 0.15) is 6.26 Å². The minimum Gasteiger partial charge on any atom is -0.440 e. The fourth-order valence-electron chi connectivity index (χ4n) is 3.07. The minimum absolute atomic E-state index is 0.362. The molecule has 6 heteroatoms. The zero-order valence-corrected chi connectivity index (χ0v) is 13.6. The van der Waals surface area contributed by atoms with E-state index in [1.807, 2.05) is 6.92 Å². The van der Waals surface area contributed by atoms with Crippen LogP contribution in [0.5, 0.6) is 0 Å². The van der Waals surface area contributed by atoms with E-state index in [1.54, 1.807) is 18.0 Å². The molecule has 0 bridgehead atoms. The molecule has 1 spiro atoms. The predicted octanol–water partition coefficient (Wildman–Crippen LogP) is 2.74. The molecule has 5 nitrogen and oxygen atoms in total. The highest BCUT2D eigenvalue weighted by molar-refractivity contribution is 7.99. The molecule has 2 unspecified atom stereocenters. The van der Waals surface area contributed by atoms with Gasteiger partial charge in [0.25, 0.3) is 5.22 Å². The van der Waals surface area contributed by atoms with Gasteiger partial charge in [-0.3, -0.25) is 0 Å². The highest BCUT2D eigenvalue weighted by atomic mass is 32.2. The number of rotatable bonds is 5. The normalized spacial score (nSPS) is 28.3. The number of aromatic nitrogens is 1. The molecule has 1 saturated heterocycles. The number of hydrogen-bond acceptors (Lipinski definition) is 6. The Balaban J connectivity index is 1.69. The fourth-order valence-corrected chi connectivity index (χ4v) is 4.37. The monoisotopic (exact) mass is 312 g/mol. The largest absolute Gasteiger partial charge is 0.440 e. The van der Waals surface area contributed by atoms with Gasteiger partial charge in [0, 0.05) is 24.1 Å². The van der Waals surface area contributed by atoms with Crippen LogP contribution in [-0.2, 0) is 9.47 Å². The van der Waals surface area contributed by atoms with Crippen molar-refractivity contribution in [2.75, 3.05) is 19.8 Å². The van der Waals surface area contributed by atoms with Crippen LogP contribution in [0.25, 0.3) is 0 Å². The summed E-state index contributed by atoms with van der Waals surface area (Å²) >= 11 is 1.70. The van der Waals surface area contributed by atoms with Crippen molar-refractivity contribution >= 4 is 11.8 Å². The Morgan fingerprint density at radius 3 is 2.90 bits per heavy atom. The molecule has 1 aromatic rings. The third kappa shape index (κ3) is 3.62. The molecule has 21 heavy (non-hydrogen) atoms. The minimum atomic E-state index is -0.371. The summed E-state index contributed by atoms with van der Waals surface area (Å²) in [5, 5.41) is 4.76. The van der Waals surface area contributed by atoms with Crippen molar-refractivity contribution in [2.45, 2.75) is 61.8 Å². The predicted molar refractivity (Wildman–Crippen MR) is 81.5 cm³/mol. The topological polar surface area (TPSA) is 56.5 Å². The molecule has 3 rings (SSSR count). The molecule has 1 aliphatic carbocycles. The van der Waals surface area contributed by atoms with Gasteiger partial charge < -0.3 is 19.2 Å². The van der Waals surface area contributed by atoms with Crippen molar-refractivity contribution in [2.24, 2.45) is 0 Å². The van der Waals surface area contributed by atoms with Crippen LogP contribution in [0.15, 0.2) is 15.9 Å². The van der Waals surface area contributed by atoms with Gasteiger partial charge in [-0.25, -0.2) is 4.98 Å². The van der Waals surface area contributed by atoms with E-state index in [9.17, 15) is 0 Å². The molecule has 0 aromatic carbocycles. The Morgan fingerprint density at radius 1 is 1.43 bits per heavy atom. The third-order valence-electron chi connectivity index (χ3n) is 4.12. The van der Waals surface area contributed by atoms with E-state index >= 15 is 0 Å². The summed E-state index contributed by atoms with van der Waals surface area (Å²) in [6.45, 7) is 6.61. The number of hydrogen-bond donors (Lipinski definition) is 1. The van der Waals surface area contributed by atoms with Gasteiger partial charge in [-0.2, -0.15) is 0 Å². The number of aryl methyl sites for hydroxylation is 1. The Hall–Kier alpha value is -0.560. The van der Waals surface area contributed by atoms with Crippen LogP contribution in [0, 0.1) is 6.92 Å². The Bertz CT molecular complexity index is 460. The maximum Gasteiger partial charge on any atom is 0.256 e. The number of nitrogens with one attached hydrogen (secondary N) is 1. The molecule has 2 heterocycles. The Labute approximate surface area is 130 Å². The number of oxazole rings is 1. The second-order valence-electron chi connectivity index (χ2n) is 5.82. The van der Waals surface area contributed by atoms with Crippen molar-refractivity contribution < 1.29 is 13.9 Å². The lowest BCUT2D eigenvalue weighted by Crippen LogP contribution is -2.49. The van der Waals surface area contributed by atoms with Gasteiger partial charge in [-0.15, -0.1) is 0 Å². The molecular weight excluding hydrogens is 288 g/mol. The van der Waals surface area contributed by atoms with E-state index in [0.717, 1.165) is 43.1 Å². The lowest BCUT2D eigenvalue weighted by molar-refractivity contribution is -0.178. The molecule has 1 aromatic heterocycles. The molecule has 1 aliphatic heterocycles. The zero-order valence-electron chi connectivity index (χ0n) is 12.8. The SMILES string of the molecule is CCCNC1CCC2(CC1Sc1nc(C)co1)OCCO2. The van der Waals surface area contributed by atoms with E-state index in [2.05, 4.69) is 17.2 Å². The van der Waals surface area contributed by atoms with Crippen LogP contribution in [0.2, 0.25) is 0 Å². The maximum atomic E-state index is 5.89. The van der Waals surface area contributed by atoms with Crippen LogP contribution >= 0.6 is 11.8 Å². The molecule has 0 radical (unpaired) electrons. The third-order valence-corrected chi connectivity index (χ3v) is 5.30. The number of nitrogens with zero attached hydrogens (tertiary/aromatic N) is 1. The number of ether oxygens (including phenoxy) is 2. The molecule has 2 fully saturated rings. The van der Waals surface area contributed by atoms with E-state index in [1.165, 1.54) is 0 Å². The van der Waals surface area contributed by atoms with E-state index in [0.29, 0.717) is 24.5 Å². The lowest BCUT2D eigenvalue weighted by Gasteiger charge is -2.40. The van der Waals surface area contributed by atoms with Crippen LogP contribution in [0.3, 0.4) is 0 Å². The van der Waals surface area contributed by atoms with Crippen molar-refractivity contribution in [3.05, 3.63) is 12.0 Å². The summed E-state index contributed by atoms with van der Waals surface area (Å²) in [5.74, 6) is -0.371. The van der Waals surface area contributed by atoms with E-state index < -0.39 is 0 Å². The standard InChI is InChI=1S/C15H24N2O3S/c1-3-6-16-12-4-5-15(19-7-8-20-15)9-13(12)21-14-17-11(2)10-18-14/h10,12-13,16H,3-9H2,1-2H3. The zero-order chi connectivity index (χ0) is 14.7. The van der Waals surface area contributed by atoms with Crippen molar-refractivity contribution in [3.63, 3.8) is 0 Å². The van der Waals surface area contributed by atoms with Gasteiger partial charge in [0.15, 0.2) is 5.79 Å². The maximum absolute atomic E-state index is 5.89. The van der Waals surface area contributed by atoms with Gasteiger partial charge in [0.05, 0.1) is 18.9 Å². The summed E-state index contributed by atoms with van der Waals surface area (Å²) in [4.78, 5) is 4.42. The van der Waals surface area contributed by atoms with Gasteiger partial charge in [-0.05, 0) is 26.3 Å². The molecule has 1 saturated carbocycles. The average Bonchev–Trinajstić information content (AvgIpc) is 3.08. The summed E-state index contributed by atoms with van der Waals surface area (Å²) in [7, 11) is 0. The van der Waals surface area contributed by atoms with Crippen molar-refractivity contribution in [1.82, 2.24) is 10.3 Å². The number of thioether (sulfide) groups is 1. The molecule has 0 amide bonds. The molecule has 2 aliphatic rings. The quantitative estimate of drug-likeness (QED) is 0.902. The van der Waals surface area contributed by atoms with Crippen LogP contribution < -0.4 is 5.32 Å². The summed E-state index contributed by atoms with van der Waals surface area (Å²) in [6.07, 6.45) is 5.77. The molecule has 118 valence electrons. The van der Waals surface area contributed by atoms with Gasteiger partial charge in [0.2, 0.25) is 0 Å². The lowest BCUT2D eigenvalue weighted by atomic mass is 9.89. The molecular formula is C15H24N2O3S. The highest BCUT2D eigenvalue weighted by Crippen LogP contribution is 2.42. The van der Waals surface area contributed by atoms with E-state index in [-0.39, 0.29) is 5.79 Å². The van der Waals surface area contributed by atoms with Gasteiger partial charge >= 0.3 is 0 Å². The van der Waals surface area contributed by atoms with Crippen LogP contribution in [0.4, 0.5) is 0 Å². The first-order valence-corrected chi connectivity index (χ1v) is 8.69. The van der Waals surface area contributed by atoms with Gasteiger partial charge in [-0.1, -0.05) is 18.7 Å². The smallest absolute Gasteiger partial charge is 0.256 e. The molecule has 2 atom stereocenters. The fraction of sp³-hybridized carbons (Fsp3) is 0.800. The first-order chi connectivity index (χ1) is 10.2. The highest BCUT2D eigenvalue weighted by Gasteiger charge is 2.45. The first-order valence-electron chi connectivity index (χ1n) is 7.81. The Morgan fingerprint density at radius 2 is 2.24 bits per heavy atom. The molecule has 1 N–H and O–H groups in total. The summed E-state index contributed by atoms with van der Waals surface area (Å²) in [6, 6.07) is 0.459. The Kier molecular flexibility index (Phi) is 4.88. The average molecular weight is 312 g/mol. The van der Waals surface area contributed by atoms with Crippen molar-refractivity contribution in [1.29, 1.82) is 0 Å². The second kappa shape index (κ2) is 6.69. The summed E-state index contributed by atoms with van der Waals surface area (Å²) in [5.41, 5.74) is 0.925. The van der Waals surface area contributed by atoms with E-state index in [4.69, 9.17) is 13.9 Å². The second-order valence-corrected chi connectivity index (χ2v) is 7.01. The van der Waals surface area contributed by atoms with Crippen molar-refractivity contribution in [3.8, 4) is 0 Å². The van der Waals surface area contributed by atoms with Crippen LogP contribution in [-0.4, -0.2) is 41.8 Å².